The molecule has 20 heavy (non-hydrogen) atoms. The lowest BCUT2D eigenvalue weighted by Crippen LogP contribution is -2.20. The molecule has 0 aliphatic heterocycles. The zero-order chi connectivity index (χ0) is 14.2. The second-order valence-electron chi connectivity index (χ2n) is 5.84. The number of nitrogens with zero attached hydrogens (tertiary/aromatic N) is 2. The van der Waals surface area contributed by atoms with Gasteiger partial charge < -0.3 is 10.1 Å². The van der Waals surface area contributed by atoms with Gasteiger partial charge in [0.2, 0.25) is 0 Å². The van der Waals surface area contributed by atoms with Crippen LogP contribution in [0.15, 0.2) is 0 Å². The highest BCUT2D eigenvalue weighted by Crippen LogP contribution is 2.36. The average Bonchev–Trinajstić information content (AvgIpc) is 2.92. The van der Waals surface area contributed by atoms with Crippen molar-refractivity contribution in [2.75, 3.05) is 26.8 Å². The largest absolute Gasteiger partial charge is 0.383 e. The summed E-state index contributed by atoms with van der Waals surface area (Å²) in [5, 5.41) is 14.6. The van der Waals surface area contributed by atoms with Gasteiger partial charge in [0, 0.05) is 26.0 Å². The lowest BCUT2D eigenvalue weighted by Gasteiger charge is -2.23. The first kappa shape index (κ1) is 15.9. The Kier molecular flexibility index (Phi) is 6.90. The molecule has 114 valence electrons. The van der Waals surface area contributed by atoms with Crippen LogP contribution in [0.1, 0.15) is 55.0 Å². The molecular formula is C15H27N3OS. The normalized spacial score (nSPS) is 23.1. The van der Waals surface area contributed by atoms with E-state index in [-0.39, 0.29) is 0 Å². The van der Waals surface area contributed by atoms with E-state index < -0.39 is 0 Å². The predicted molar refractivity (Wildman–Crippen MR) is 83.3 cm³/mol. The van der Waals surface area contributed by atoms with Crippen molar-refractivity contribution < 1.29 is 4.74 Å². The molecule has 0 saturated heterocycles. The van der Waals surface area contributed by atoms with E-state index in [1.807, 2.05) is 11.3 Å². The number of methoxy groups -OCH3 is 1. The zero-order valence-corrected chi connectivity index (χ0v) is 13.5. The highest BCUT2D eigenvalue weighted by atomic mass is 32.1. The summed E-state index contributed by atoms with van der Waals surface area (Å²) < 4.78 is 5.00. The minimum Gasteiger partial charge on any atom is -0.383 e. The van der Waals surface area contributed by atoms with Crippen molar-refractivity contribution in [3.8, 4) is 0 Å². The summed E-state index contributed by atoms with van der Waals surface area (Å²) in [4.78, 5) is 0. The third kappa shape index (κ3) is 5.11. The second kappa shape index (κ2) is 8.70. The quantitative estimate of drug-likeness (QED) is 0.749. The van der Waals surface area contributed by atoms with Gasteiger partial charge in [-0.1, -0.05) is 19.8 Å². The maximum absolute atomic E-state index is 5.00. The molecule has 2 rings (SSSR count). The molecule has 0 amide bonds. The highest BCUT2D eigenvalue weighted by molar-refractivity contribution is 7.11. The zero-order valence-electron chi connectivity index (χ0n) is 12.7. The van der Waals surface area contributed by atoms with E-state index in [0.29, 0.717) is 5.92 Å². The van der Waals surface area contributed by atoms with Crippen LogP contribution in [-0.2, 0) is 11.2 Å². The Labute approximate surface area is 126 Å². The Morgan fingerprint density at radius 2 is 2.00 bits per heavy atom. The smallest absolute Gasteiger partial charge is 0.120 e. The van der Waals surface area contributed by atoms with Gasteiger partial charge in [0.05, 0.1) is 6.61 Å². The van der Waals surface area contributed by atoms with E-state index in [2.05, 4.69) is 22.4 Å². The van der Waals surface area contributed by atoms with Gasteiger partial charge in [-0.2, -0.15) is 0 Å². The van der Waals surface area contributed by atoms with Gasteiger partial charge in [0.1, 0.15) is 10.0 Å². The molecule has 5 heteroatoms. The van der Waals surface area contributed by atoms with Gasteiger partial charge in [-0.05, 0) is 31.7 Å². The van der Waals surface area contributed by atoms with E-state index in [9.17, 15) is 0 Å². The predicted octanol–water partition coefficient (Wildman–Crippen LogP) is 3.00. The summed E-state index contributed by atoms with van der Waals surface area (Å²) >= 11 is 1.83. The van der Waals surface area contributed by atoms with E-state index in [0.717, 1.165) is 38.5 Å². The first-order chi connectivity index (χ1) is 9.79. The molecule has 0 spiro atoms. The van der Waals surface area contributed by atoms with Crippen LogP contribution < -0.4 is 5.32 Å². The van der Waals surface area contributed by atoms with Crippen molar-refractivity contribution in [2.24, 2.45) is 5.92 Å². The lowest BCUT2D eigenvalue weighted by molar-refractivity contribution is 0.199. The minimum absolute atomic E-state index is 0.678. The first-order valence-corrected chi connectivity index (χ1v) is 8.63. The van der Waals surface area contributed by atoms with Crippen molar-refractivity contribution in [3.63, 3.8) is 0 Å². The SMILES string of the molecule is COCCNCCCc1nnc(C2CCC(C)CC2)s1. The van der Waals surface area contributed by atoms with Crippen LogP contribution in [0.3, 0.4) is 0 Å². The van der Waals surface area contributed by atoms with Crippen LogP contribution in [0.4, 0.5) is 0 Å². The van der Waals surface area contributed by atoms with Crippen LogP contribution in [0.25, 0.3) is 0 Å². The number of hydrogen-bond acceptors (Lipinski definition) is 5. The molecule has 4 nitrogen and oxygen atoms in total. The number of aromatic nitrogens is 2. The van der Waals surface area contributed by atoms with E-state index in [4.69, 9.17) is 4.74 Å². The lowest BCUT2D eigenvalue weighted by atomic mass is 9.83. The Balaban J connectivity index is 1.67. The van der Waals surface area contributed by atoms with Crippen molar-refractivity contribution >= 4 is 11.3 Å². The van der Waals surface area contributed by atoms with Crippen LogP contribution in [0, 0.1) is 5.92 Å². The summed E-state index contributed by atoms with van der Waals surface area (Å²) in [5.74, 6) is 1.58. The van der Waals surface area contributed by atoms with Crippen molar-refractivity contribution in [1.82, 2.24) is 15.5 Å². The second-order valence-corrected chi connectivity index (χ2v) is 6.93. The molecule has 0 bridgehead atoms. The fraction of sp³-hybridized carbons (Fsp3) is 0.867. The molecule has 0 atom stereocenters. The molecule has 1 aliphatic carbocycles. The number of rotatable bonds is 8. The highest BCUT2D eigenvalue weighted by Gasteiger charge is 2.22. The summed E-state index contributed by atoms with van der Waals surface area (Å²) in [6, 6.07) is 0. The van der Waals surface area contributed by atoms with Gasteiger partial charge in [-0.3, -0.25) is 0 Å². The summed E-state index contributed by atoms with van der Waals surface area (Å²) in [5.41, 5.74) is 0. The van der Waals surface area contributed by atoms with E-state index in [1.165, 1.54) is 35.7 Å². The Hall–Kier alpha value is -0.520. The number of nitrogens with one attached hydrogen (secondary N) is 1. The minimum atomic E-state index is 0.678. The molecule has 1 fully saturated rings. The first-order valence-electron chi connectivity index (χ1n) is 7.81. The Morgan fingerprint density at radius 1 is 1.20 bits per heavy atom. The molecule has 0 unspecified atom stereocenters. The Bertz CT molecular complexity index is 375. The van der Waals surface area contributed by atoms with E-state index >= 15 is 0 Å². The molecule has 1 aliphatic rings. The molecule has 1 heterocycles. The molecular weight excluding hydrogens is 270 g/mol. The van der Waals surface area contributed by atoms with Gasteiger partial charge in [-0.25, -0.2) is 0 Å². The molecule has 1 aromatic heterocycles. The summed E-state index contributed by atoms with van der Waals surface area (Å²) in [6.07, 6.45) is 7.47. The third-order valence-corrected chi connectivity index (χ3v) is 5.22. The summed E-state index contributed by atoms with van der Waals surface area (Å²) in [7, 11) is 1.73. The van der Waals surface area contributed by atoms with Crippen molar-refractivity contribution in [1.29, 1.82) is 0 Å². The fourth-order valence-corrected chi connectivity index (χ4v) is 3.76. The Morgan fingerprint density at radius 3 is 2.75 bits per heavy atom. The summed E-state index contributed by atoms with van der Waals surface area (Å²) in [6.45, 7) is 5.10. The molecule has 1 aromatic rings. The average molecular weight is 297 g/mol. The monoisotopic (exact) mass is 297 g/mol. The van der Waals surface area contributed by atoms with Gasteiger partial charge in [-0.15, -0.1) is 21.5 Å². The van der Waals surface area contributed by atoms with Gasteiger partial charge in [0.15, 0.2) is 0 Å². The van der Waals surface area contributed by atoms with Gasteiger partial charge in [0.25, 0.3) is 0 Å². The number of aryl methyl sites for hydroxylation is 1. The number of ether oxygens (including phenoxy) is 1. The van der Waals surface area contributed by atoms with Crippen molar-refractivity contribution in [3.05, 3.63) is 10.0 Å². The number of hydrogen-bond donors (Lipinski definition) is 1. The molecule has 0 aromatic carbocycles. The van der Waals surface area contributed by atoms with Crippen LogP contribution in [0.2, 0.25) is 0 Å². The molecule has 0 radical (unpaired) electrons. The van der Waals surface area contributed by atoms with Crippen molar-refractivity contribution in [2.45, 2.75) is 51.4 Å². The molecule has 1 N–H and O–H groups in total. The van der Waals surface area contributed by atoms with Crippen LogP contribution >= 0.6 is 11.3 Å². The third-order valence-electron chi connectivity index (χ3n) is 4.07. The van der Waals surface area contributed by atoms with Gasteiger partial charge >= 0.3 is 0 Å². The fourth-order valence-electron chi connectivity index (χ4n) is 2.70. The standard InChI is InChI=1S/C15H27N3OS/c1-12-5-7-13(8-6-12)15-18-17-14(20-15)4-3-9-16-10-11-19-2/h12-13,16H,3-11H2,1-2H3. The maximum Gasteiger partial charge on any atom is 0.120 e. The van der Waals surface area contributed by atoms with Crippen LogP contribution in [0.5, 0.6) is 0 Å². The van der Waals surface area contributed by atoms with Crippen LogP contribution in [-0.4, -0.2) is 37.0 Å². The molecule has 1 saturated carbocycles. The topological polar surface area (TPSA) is 47.0 Å². The maximum atomic E-state index is 5.00. The van der Waals surface area contributed by atoms with E-state index in [1.54, 1.807) is 7.11 Å².